The van der Waals surface area contributed by atoms with E-state index in [1.165, 1.54) is 18.5 Å². The monoisotopic (exact) mass is 479 g/mol. The van der Waals surface area contributed by atoms with Gasteiger partial charge in [-0.25, -0.2) is 19.3 Å². The molecule has 2 aromatic heterocycles. The summed E-state index contributed by atoms with van der Waals surface area (Å²) in [7, 11) is 1.99. The first-order chi connectivity index (χ1) is 16.9. The van der Waals surface area contributed by atoms with Crippen molar-refractivity contribution in [1.29, 1.82) is 0 Å². The molecule has 0 radical (unpaired) electrons. The van der Waals surface area contributed by atoms with E-state index >= 15 is 0 Å². The van der Waals surface area contributed by atoms with E-state index in [4.69, 9.17) is 4.74 Å². The molecule has 0 unspecified atom stereocenters. The van der Waals surface area contributed by atoms with Crippen LogP contribution in [0.3, 0.4) is 0 Å². The van der Waals surface area contributed by atoms with E-state index in [-0.39, 0.29) is 42.3 Å². The van der Waals surface area contributed by atoms with Gasteiger partial charge in [-0.1, -0.05) is 19.1 Å². The third-order valence-electron chi connectivity index (χ3n) is 6.26. The van der Waals surface area contributed by atoms with Crippen molar-refractivity contribution in [2.45, 2.75) is 32.5 Å². The Hall–Kier alpha value is -3.43. The molecule has 4 rings (SSSR count). The third-order valence-corrected chi connectivity index (χ3v) is 6.26. The van der Waals surface area contributed by atoms with Gasteiger partial charge in [-0.2, -0.15) is 0 Å². The summed E-state index contributed by atoms with van der Waals surface area (Å²) in [4.78, 5) is 30.0. The number of amides is 1. The molecule has 184 valence electrons. The first-order valence-corrected chi connectivity index (χ1v) is 11.6. The average molecular weight is 480 g/mol. The number of hydrogen-bond acceptors (Lipinski definition) is 7. The summed E-state index contributed by atoms with van der Waals surface area (Å²) in [6.45, 7) is 5.36. The van der Waals surface area contributed by atoms with Gasteiger partial charge in [0.1, 0.15) is 23.8 Å². The largest absolute Gasteiger partial charge is 0.472 e. The Balaban J connectivity index is 1.65. The molecule has 0 fully saturated rings. The lowest BCUT2D eigenvalue weighted by Gasteiger charge is -2.37. The van der Waals surface area contributed by atoms with Crippen LogP contribution in [0.2, 0.25) is 0 Å². The van der Waals surface area contributed by atoms with Crippen LogP contribution < -0.4 is 4.74 Å². The molecule has 8 nitrogen and oxygen atoms in total. The number of hydrogen-bond donors (Lipinski definition) is 1. The van der Waals surface area contributed by atoms with Crippen molar-refractivity contribution in [2.75, 3.05) is 26.7 Å². The molecule has 0 aliphatic carbocycles. The second kappa shape index (κ2) is 10.9. The van der Waals surface area contributed by atoms with Crippen LogP contribution in [0, 0.1) is 11.7 Å². The Morgan fingerprint density at radius 2 is 1.91 bits per heavy atom. The van der Waals surface area contributed by atoms with Crippen LogP contribution in [0.4, 0.5) is 4.39 Å². The van der Waals surface area contributed by atoms with Gasteiger partial charge in [0.15, 0.2) is 0 Å². The molecule has 0 saturated carbocycles. The lowest BCUT2D eigenvalue weighted by atomic mass is 9.99. The molecule has 1 aliphatic heterocycles. The Morgan fingerprint density at radius 1 is 1.20 bits per heavy atom. The van der Waals surface area contributed by atoms with Gasteiger partial charge in [-0.15, -0.1) is 0 Å². The fraction of sp³-hybridized carbons (Fsp3) is 0.385. The van der Waals surface area contributed by atoms with E-state index in [0.717, 1.165) is 11.1 Å². The topological polar surface area (TPSA) is 91.7 Å². The fourth-order valence-corrected chi connectivity index (χ4v) is 4.22. The van der Waals surface area contributed by atoms with Crippen molar-refractivity contribution < 1.29 is 19.0 Å². The van der Waals surface area contributed by atoms with Crippen molar-refractivity contribution in [3.8, 4) is 17.0 Å². The minimum atomic E-state index is -0.370. The molecule has 1 amide bonds. The molecule has 1 aliphatic rings. The highest BCUT2D eigenvalue weighted by atomic mass is 19.1. The number of carbonyl (C=O) groups is 1. The van der Waals surface area contributed by atoms with Crippen LogP contribution in [0.5, 0.6) is 5.88 Å². The highest BCUT2D eigenvalue weighted by Gasteiger charge is 2.34. The fourth-order valence-electron chi connectivity index (χ4n) is 4.22. The summed E-state index contributed by atoms with van der Waals surface area (Å²) in [6, 6.07) is 7.39. The molecule has 1 aromatic carbocycles. The van der Waals surface area contributed by atoms with Gasteiger partial charge in [-0.05, 0) is 37.7 Å². The molecule has 35 heavy (non-hydrogen) atoms. The maximum Gasteiger partial charge on any atom is 0.259 e. The smallest absolute Gasteiger partial charge is 0.259 e. The molecule has 3 aromatic rings. The van der Waals surface area contributed by atoms with Crippen molar-refractivity contribution in [1.82, 2.24) is 24.8 Å². The summed E-state index contributed by atoms with van der Waals surface area (Å²) < 4.78 is 19.8. The van der Waals surface area contributed by atoms with E-state index in [9.17, 15) is 14.3 Å². The third kappa shape index (κ3) is 5.80. The summed E-state index contributed by atoms with van der Waals surface area (Å²) in [5.41, 5.74) is 2.74. The number of halogens is 1. The number of fused-ring (bicyclic) bond motifs is 1. The zero-order valence-electron chi connectivity index (χ0n) is 20.1. The molecule has 3 heterocycles. The number of carbonyl (C=O) groups excluding carboxylic acids is 1. The Kier molecular flexibility index (Phi) is 7.67. The number of nitrogens with zero attached hydrogens (tertiary/aromatic N) is 5. The number of likely N-dealkylation sites (N-methyl/N-ethyl adjacent to an activating group) is 1. The highest BCUT2D eigenvalue weighted by molar-refractivity contribution is 5.98. The Labute approximate surface area is 204 Å². The van der Waals surface area contributed by atoms with Crippen LogP contribution in [-0.4, -0.2) is 74.7 Å². The zero-order chi connectivity index (χ0) is 24.9. The summed E-state index contributed by atoms with van der Waals surface area (Å²) >= 11 is 0. The molecule has 3 atom stereocenters. The normalized spacial score (nSPS) is 19.0. The lowest BCUT2D eigenvalue weighted by Crippen LogP contribution is -2.49. The molecule has 9 heteroatoms. The van der Waals surface area contributed by atoms with Gasteiger partial charge >= 0.3 is 0 Å². The molecule has 0 saturated heterocycles. The van der Waals surface area contributed by atoms with Crippen LogP contribution in [0.15, 0.2) is 55.2 Å². The van der Waals surface area contributed by atoms with E-state index in [2.05, 4.69) is 19.9 Å². The summed E-state index contributed by atoms with van der Waals surface area (Å²) in [5, 5.41) is 9.84. The second-order valence-corrected chi connectivity index (χ2v) is 9.15. The van der Waals surface area contributed by atoms with Crippen LogP contribution in [0.1, 0.15) is 29.8 Å². The number of ether oxygens (including phenoxy) is 1. The van der Waals surface area contributed by atoms with Crippen LogP contribution in [-0.2, 0) is 6.54 Å². The number of aliphatic hydroxyl groups is 1. The van der Waals surface area contributed by atoms with Gasteiger partial charge in [-0.3, -0.25) is 9.69 Å². The first-order valence-electron chi connectivity index (χ1n) is 11.6. The Morgan fingerprint density at radius 3 is 2.60 bits per heavy atom. The molecule has 1 N–H and O–H groups in total. The number of aromatic nitrogens is 3. The van der Waals surface area contributed by atoms with Crippen molar-refractivity contribution in [3.63, 3.8) is 0 Å². The average Bonchev–Trinajstić information content (AvgIpc) is 2.86. The minimum absolute atomic E-state index is 0.0193. The van der Waals surface area contributed by atoms with Crippen molar-refractivity contribution in [2.24, 2.45) is 5.92 Å². The van der Waals surface area contributed by atoms with Gasteiger partial charge in [0.25, 0.3) is 5.91 Å². The van der Waals surface area contributed by atoms with Crippen LogP contribution in [0.25, 0.3) is 11.1 Å². The standard InChI is InChI=1S/C26H30FN5O3/c1-17-12-32(18(2)15-33)26(34)23-8-21(20-4-6-22(27)7-5-20)11-30-25(23)35-24(17)14-31(3)13-19-9-28-16-29-10-19/h4-11,16-18,24,33H,12-15H2,1-3H3/t17-,18-,24+/m0/s1. The summed E-state index contributed by atoms with van der Waals surface area (Å²) in [5.74, 6) is -0.352. The van der Waals surface area contributed by atoms with Gasteiger partial charge in [0.2, 0.25) is 5.88 Å². The van der Waals surface area contributed by atoms with Gasteiger partial charge in [0.05, 0.1) is 12.6 Å². The number of rotatable bonds is 7. The molecular weight excluding hydrogens is 449 g/mol. The van der Waals surface area contributed by atoms with E-state index in [0.29, 0.717) is 30.8 Å². The zero-order valence-corrected chi connectivity index (χ0v) is 20.1. The predicted molar refractivity (Wildman–Crippen MR) is 129 cm³/mol. The Bertz CT molecular complexity index is 1150. The summed E-state index contributed by atoms with van der Waals surface area (Å²) in [6.07, 6.45) is 6.44. The quantitative estimate of drug-likeness (QED) is 0.557. The van der Waals surface area contributed by atoms with Crippen molar-refractivity contribution >= 4 is 5.91 Å². The maximum atomic E-state index is 13.6. The molecule has 0 bridgehead atoms. The first kappa shape index (κ1) is 24.7. The lowest BCUT2D eigenvalue weighted by molar-refractivity contribution is 0.0325. The SMILES string of the molecule is C[C@H]1CN([C@@H](C)CO)C(=O)c2cc(-c3ccc(F)cc3)cnc2O[C@@H]1CN(C)Cc1cncnc1. The second-order valence-electron chi connectivity index (χ2n) is 9.15. The van der Waals surface area contributed by atoms with Crippen molar-refractivity contribution in [3.05, 3.63) is 72.2 Å². The van der Waals surface area contributed by atoms with Crippen LogP contribution >= 0.6 is 0 Å². The highest BCUT2D eigenvalue weighted by Crippen LogP contribution is 2.30. The van der Waals surface area contributed by atoms with E-state index in [1.54, 1.807) is 41.7 Å². The number of pyridine rings is 1. The van der Waals surface area contributed by atoms with E-state index in [1.807, 2.05) is 20.9 Å². The molecular formula is C26H30FN5O3. The predicted octanol–water partition coefficient (Wildman–Crippen LogP) is 3.03. The number of aliphatic hydroxyl groups excluding tert-OH is 1. The van der Waals surface area contributed by atoms with Gasteiger partial charge < -0.3 is 14.7 Å². The maximum absolute atomic E-state index is 13.6. The molecule has 0 spiro atoms. The van der Waals surface area contributed by atoms with Gasteiger partial charge in [0, 0.05) is 55.3 Å². The van der Waals surface area contributed by atoms with E-state index < -0.39 is 0 Å². The number of benzene rings is 1. The minimum Gasteiger partial charge on any atom is -0.472 e.